The van der Waals surface area contributed by atoms with Crippen LogP contribution in [0.2, 0.25) is 0 Å². The summed E-state index contributed by atoms with van der Waals surface area (Å²) in [6.45, 7) is 2.35. The lowest BCUT2D eigenvalue weighted by Crippen LogP contribution is -2.23. The molecule has 0 bridgehead atoms. The van der Waals surface area contributed by atoms with Gasteiger partial charge in [0.25, 0.3) is 0 Å². The van der Waals surface area contributed by atoms with Crippen LogP contribution in [0.1, 0.15) is 25.7 Å². The first kappa shape index (κ1) is 14.2. The summed E-state index contributed by atoms with van der Waals surface area (Å²) in [5, 5.41) is 11.5. The maximum Gasteiger partial charge on any atom is 0.408 e. The Morgan fingerprint density at radius 2 is 1.71 bits per heavy atom. The first-order chi connectivity index (χ1) is 10.3. The fourth-order valence-electron chi connectivity index (χ4n) is 2.58. The molecule has 110 valence electrons. The molecule has 21 heavy (non-hydrogen) atoms. The molecule has 0 atom stereocenters. The summed E-state index contributed by atoms with van der Waals surface area (Å²) >= 11 is 1.59. The first-order valence-corrected chi connectivity index (χ1v) is 8.41. The maximum atomic E-state index is 4.31. The van der Waals surface area contributed by atoms with E-state index in [0.29, 0.717) is 0 Å². The smallest absolute Gasteiger partial charge is 0.372 e. The van der Waals surface area contributed by atoms with Gasteiger partial charge in [-0.25, -0.2) is 4.57 Å². The lowest BCUT2D eigenvalue weighted by molar-refractivity contribution is -0.654. The molecule has 0 saturated carbocycles. The van der Waals surface area contributed by atoms with Crippen molar-refractivity contribution < 1.29 is 4.57 Å². The number of benzene rings is 1. The monoisotopic (exact) mass is 301 g/mol. The van der Waals surface area contributed by atoms with Crippen molar-refractivity contribution in [3.63, 3.8) is 0 Å². The molecule has 0 spiro atoms. The lowest BCUT2D eigenvalue weighted by Gasteiger charge is -2.22. The molecule has 4 nitrogen and oxygen atoms in total. The predicted molar refractivity (Wildman–Crippen MR) is 86.8 cm³/mol. The topological polar surface area (TPSA) is 31.8 Å². The van der Waals surface area contributed by atoms with Crippen molar-refractivity contribution in [1.82, 2.24) is 0 Å². The highest BCUT2D eigenvalue weighted by atomic mass is 32.1. The highest BCUT2D eigenvalue weighted by Crippen LogP contribution is 2.24. The molecule has 0 N–H and O–H groups in total. The Morgan fingerprint density at radius 1 is 1.00 bits per heavy atom. The molecule has 2 aromatic rings. The van der Waals surface area contributed by atoms with Crippen molar-refractivity contribution in [2.24, 2.45) is 17.3 Å². The molecule has 3 rings (SSSR count). The van der Waals surface area contributed by atoms with E-state index in [1.807, 2.05) is 23.2 Å². The third-order valence-electron chi connectivity index (χ3n) is 3.83. The highest BCUT2D eigenvalue weighted by molar-refractivity contribution is 7.12. The Bertz CT molecular complexity index is 595. The summed E-state index contributed by atoms with van der Waals surface area (Å²) in [4.78, 5) is 2.48. The van der Waals surface area contributed by atoms with Gasteiger partial charge in [-0.15, -0.1) is 0 Å². The van der Waals surface area contributed by atoms with E-state index in [1.54, 1.807) is 11.3 Å². The van der Waals surface area contributed by atoms with E-state index in [1.165, 1.54) is 44.5 Å². The van der Waals surface area contributed by atoms with Crippen molar-refractivity contribution >= 4 is 27.8 Å². The van der Waals surface area contributed by atoms with Crippen LogP contribution in [0, 0.1) is 0 Å². The van der Waals surface area contributed by atoms with Gasteiger partial charge in [-0.3, -0.25) is 0 Å². The van der Waals surface area contributed by atoms with Crippen LogP contribution in [0.5, 0.6) is 0 Å². The molecule has 0 unspecified atom stereocenters. The second kappa shape index (κ2) is 6.80. The summed E-state index contributed by atoms with van der Waals surface area (Å²) in [7, 11) is 1.98. The zero-order valence-corrected chi connectivity index (χ0v) is 13.2. The minimum Gasteiger partial charge on any atom is -0.372 e. The van der Waals surface area contributed by atoms with Crippen molar-refractivity contribution in [3.8, 4) is 0 Å². The highest BCUT2D eigenvalue weighted by Gasteiger charge is 2.10. The van der Waals surface area contributed by atoms with E-state index < -0.39 is 0 Å². The van der Waals surface area contributed by atoms with Crippen LogP contribution in [0.4, 0.5) is 16.5 Å². The number of hydrogen-bond acceptors (Lipinski definition) is 4. The SMILES string of the molecule is C[n+]1ccsc1/N=N/c1ccc(N2CCCCCC2)cc1. The van der Waals surface area contributed by atoms with E-state index >= 15 is 0 Å². The Morgan fingerprint density at radius 3 is 2.33 bits per heavy atom. The number of anilines is 1. The number of nitrogens with zero attached hydrogens (tertiary/aromatic N) is 4. The predicted octanol–water partition coefficient (Wildman–Crippen LogP) is 4.37. The minimum atomic E-state index is 0.905. The molecule has 1 saturated heterocycles. The van der Waals surface area contributed by atoms with Gasteiger partial charge in [0.1, 0.15) is 11.9 Å². The summed E-state index contributed by atoms with van der Waals surface area (Å²) in [6.07, 6.45) is 7.31. The van der Waals surface area contributed by atoms with Crippen LogP contribution in [0.25, 0.3) is 0 Å². The molecule has 1 aliphatic heterocycles. The van der Waals surface area contributed by atoms with Crippen molar-refractivity contribution in [2.75, 3.05) is 18.0 Å². The summed E-state index contributed by atoms with van der Waals surface area (Å²) in [5.74, 6) is 0. The molecule has 1 fully saturated rings. The van der Waals surface area contributed by atoms with Crippen LogP contribution in [0.3, 0.4) is 0 Å². The van der Waals surface area contributed by atoms with Gasteiger partial charge in [0.2, 0.25) is 0 Å². The Balaban J connectivity index is 1.69. The van der Waals surface area contributed by atoms with Crippen LogP contribution < -0.4 is 9.47 Å². The maximum absolute atomic E-state index is 4.31. The average Bonchev–Trinajstić information content (AvgIpc) is 2.77. The van der Waals surface area contributed by atoms with Crippen molar-refractivity contribution in [2.45, 2.75) is 25.7 Å². The zero-order chi connectivity index (χ0) is 14.5. The number of thiazole rings is 1. The van der Waals surface area contributed by atoms with Gasteiger partial charge in [0.15, 0.2) is 0 Å². The molecular weight excluding hydrogens is 280 g/mol. The molecule has 0 radical (unpaired) electrons. The fourth-order valence-corrected chi connectivity index (χ4v) is 3.26. The summed E-state index contributed by atoms with van der Waals surface area (Å²) in [5.41, 5.74) is 2.21. The van der Waals surface area contributed by atoms with Gasteiger partial charge in [-0.2, -0.15) is 0 Å². The van der Waals surface area contributed by atoms with Crippen molar-refractivity contribution in [1.29, 1.82) is 0 Å². The standard InChI is InChI=1S/C16H21N4S/c1-19-12-13-21-16(19)18-17-14-6-8-15(9-7-14)20-10-4-2-3-5-11-20/h6-9,12-13H,2-5,10-11H2,1H3/q+1. The van der Waals surface area contributed by atoms with E-state index in [2.05, 4.69) is 39.4 Å². The van der Waals surface area contributed by atoms with Gasteiger partial charge in [-0.05, 0) is 53.6 Å². The third kappa shape index (κ3) is 3.67. The van der Waals surface area contributed by atoms with Crippen LogP contribution >= 0.6 is 11.3 Å². The van der Waals surface area contributed by atoms with Gasteiger partial charge in [0.05, 0.1) is 12.2 Å². The van der Waals surface area contributed by atoms with Crippen molar-refractivity contribution in [3.05, 3.63) is 35.8 Å². The Labute approximate surface area is 129 Å². The second-order valence-corrected chi connectivity index (χ2v) is 6.29. The van der Waals surface area contributed by atoms with Crippen LogP contribution in [-0.4, -0.2) is 13.1 Å². The largest absolute Gasteiger partial charge is 0.408 e. The second-order valence-electron chi connectivity index (χ2n) is 5.41. The van der Waals surface area contributed by atoms with E-state index in [-0.39, 0.29) is 0 Å². The van der Waals surface area contributed by atoms with Crippen LogP contribution in [0.15, 0.2) is 46.1 Å². The zero-order valence-electron chi connectivity index (χ0n) is 12.4. The summed E-state index contributed by atoms with van der Waals surface area (Å²) in [6, 6.07) is 8.43. The quantitative estimate of drug-likeness (QED) is 0.612. The molecule has 5 heteroatoms. The third-order valence-corrected chi connectivity index (χ3v) is 4.67. The Hall–Kier alpha value is -1.75. The number of aryl methyl sites for hydroxylation is 1. The van der Waals surface area contributed by atoms with E-state index in [4.69, 9.17) is 0 Å². The molecule has 0 amide bonds. The number of rotatable bonds is 3. The number of hydrogen-bond donors (Lipinski definition) is 0. The summed E-state index contributed by atoms with van der Waals surface area (Å²) < 4.78 is 1.97. The van der Waals surface area contributed by atoms with Gasteiger partial charge in [0, 0.05) is 24.2 Å². The number of azo groups is 1. The van der Waals surface area contributed by atoms with Crippen LogP contribution in [-0.2, 0) is 7.05 Å². The lowest BCUT2D eigenvalue weighted by atomic mass is 10.2. The van der Waals surface area contributed by atoms with E-state index in [0.717, 1.165) is 10.8 Å². The Kier molecular flexibility index (Phi) is 4.60. The van der Waals surface area contributed by atoms with Gasteiger partial charge < -0.3 is 4.90 Å². The van der Waals surface area contributed by atoms with Gasteiger partial charge in [-0.1, -0.05) is 12.8 Å². The first-order valence-electron chi connectivity index (χ1n) is 7.53. The number of aromatic nitrogens is 1. The van der Waals surface area contributed by atoms with Gasteiger partial charge >= 0.3 is 5.13 Å². The molecule has 0 aliphatic carbocycles. The normalized spacial score (nSPS) is 16.3. The average molecular weight is 301 g/mol. The molecule has 1 aliphatic rings. The van der Waals surface area contributed by atoms with E-state index in [9.17, 15) is 0 Å². The fraction of sp³-hybridized carbons (Fsp3) is 0.438. The molecule has 1 aromatic heterocycles. The minimum absolute atomic E-state index is 0.905. The molecule has 2 heterocycles. The molecular formula is C16H21N4S+. The molecule has 1 aromatic carbocycles.